The summed E-state index contributed by atoms with van der Waals surface area (Å²) in [5, 5.41) is 0.741. The van der Waals surface area contributed by atoms with Crippen molar-refractivity contribution >= 4 is 28.4 Å². The van der Waals surface area contributed by atoms with Gasteiger partial charge in [-0.15, -0.1) is 0 Å². The molecule has 4 aromatic rings. The predicted molar refractivity (Wildman–Crippen MR) is 125 cm³/mol. The van der Waals surface area contributed by atoms with Crippen LogP contribution in [0.25, 0.3) is 10.9 Å². The number of carbonyl (C=O) groups excluding carboxylic acids is 2. The van der Waals surface area contributed by atoms with Crippen LogP contribution in [-0.2, 0) is 11.3 Å². The molecule has 1 fully saturated rings. The minimum Gasteiger partial charge on any atom is -0.353 e. The average Bonchev–Trinajstić information content (AvgIpc) is 3.23. The van der Waals surface area contributed by atoms with Crippen molar-refractivity contribution in [3.8, 4) is 0 Å². The van der Waals surface area contributed by atoms with Crippen LogP contribution in [0.2, 0.25) is 0 Å². The lowest BCUT2D eigenvalue weighted by Crippen LogP contribution is -2.50. The lowest BCUT2D eigenvalue weighted by Gasteiger charge is -2.35. The molecule has 6 nitrogen and oxygen atoms in total. The summed E-state index contributed by atoms with van der Waals surface area (Å²) in [5.74, 6) is -0.406. The Kier molecular flexibility index (Phi) is 5.60. The quantitative estimate of drug-likeness (QED) is 0.349. The van der Waals surface area contributed by atoms with E-state index < -0.39 is 11.7 Å². The van der Waals surface area contributed by atoms with Gasteiger partial charge in [0, 0.05) is 56.0 Å². The second kappa shape index (κ2) is 8.86. The lowest BCUT2D eigenvalue weighted by molar-refractivity contribution is -0.126. The number of nitrogens with zero attached hydrogens (tertiary/aromatic N) is 4. The van der Waals surface area contributed by atoms with Gasteiger partial charge in [-0.25, -0.2) is 9.37 Å². The number of benzene rings is 2. The number of anilines is 1. The van der Waals surface area contributed by atoms with Crippen molar-refractivity contribution < 1.29 is 14.0 Å². The largest absolute Gasteiger partial charge is 0.353 e. The summed E-state index contributed by atoms with van der Waals surface area (Å²) in [6.45, 7) is 2.67. The number of aromatic nitrogens is 2. The predicted octanol–water partition coefficient (Wildman–Crippen LogP) is 3.76. The van der Waals surface area contributed by atoms with Gasteiger partial charge in [-0.2, -0.15) is 0 Å². The van der Waals surface area contributed by atoms with E-state index >= 15 is 0 Å². The first-order valence-corrected chi connectivity index (χ1v) is 10.9. The summed E-state index contributed by atoms with van der Waals surface area (Å²) in [6, 6.07) is 19.6. The van der Waals surface area contributed by atoms with Crippen LogP contribution in [0.3, 0.4) is 0 Å². The van der Waals surface area contributed by atoms with E-state index in [1.807, 2.05) is 47.0 Å². The molecular formula is C26H23FN4O2. The Balaban J connectivity index is 1.35. The van der Waals surface area contributed by atoms with Gasteiger partial charge in [-0.3, -0.25) is 9.59 Å². The highest BCUT2D eigenvalue weighted by atomic mass is 19.1. The van der Waals surface area contributed by atoms with Gasteiger partial charge < -0.3 is 14.4 Å². The van der Waals surface area contributed by atoms with Crippen molar-refractivity contribution in [1.29, 1.82) is 0 Å². The van der Waals surface area contributed by atoms with Crippen molar-refractivity contribution in [1.82, 2.24) is 14.5 Å². The summed E-state index contributed by atoms with van der Waals surface area (Å²) in [7, 11) is 0. The Labute approximate surface area is 190 Å². The molecule has 0 radical (unpaired) electrons. The molecule has 0 aliphatic carbocycles. The van der Waals surface area contributed by atoms with E-state index in [0.717, 1.165) is 22.3 Å². The fourth-order valence-corrected chi connectivity index (χ4v) is 4.28. The van der Waals surface area contributed by atoms with Gasteiger partial charge in [0.05, 0.1) is 5.56 Å². The minimum atomic E-state index is -0.504. The summed E-state index contributed by atoms with van der Waals surface area (Å²) < 4.78 is 15.2. The fraction of sp³-hybridized carbons (Fsp3) is 0.192. The maximum atomic E-state index is 13.3. The average molecular weight is 442 g/mol. The maximum Gasteiger partial charge on any atom is 0.295 e. The van der Waals surface area contributed by atoms with Crippen LogP contribution < -0.4 is 4.90 Å². The summed E-state index contributed by atoms with van der Waals surface area (Å²) >= 11 is 0. The maximum absolute atomic E-state index is 13.3. The molecule has 2 aromatic carbocycles. The number of piperazine rings is 1. The first-order chi connectivity index (χ1) is 16.1. The van der Waals surface area contributed by atoms with Crippen molar-refractivity contribution in [3.63, 3.8) is 0 Å². The number of carbonyl (C=O) groups is 2. The molecule has 0 spiro atoms. The molecule has 3 heterocycles. The van der Waals surface area contributed by atoms with Gasteiger partial charge in [-0.1, -0.05) is 36.4 Å². The number of ketones is 1. The highest BCUT2D eigenvalue weighted by Crippen LogP contribution is 2.24. The molecule has 1 aliphatic heterocycles. The summed E-state index contributed by atoms with van der Waals surface area (Å²) in [5.41, 5.74) is 2.16. The molecule has 0 unspecified atom stereocenters. The molecule has 1 aliphatic rings. The van der Waals surface area contributed by atoms with Crippen LogP contribution in [0.5, 0.6) is 0 Å². The number of halogens is 1. The third kappa shape index (κ3) is 4.22. The molecule has 0 saturated carbocycles. The summed E-state index contributed by atoms with van der Waals surface area (Å²) in [6.07, 6.45) is 3.48. The van der Waals surface area contributed by atoms with E-state index in [1.165, 1.54) is 12.1 Å². The molecule has 0 atom stereocenters. The van der Waals surface area contributed by atoms with Crippen molar-refractivity contribution in [2.75, 3.05) is 31.1 Å². The van der Waals surface area contributed by atoms with Crippen LogP contribution >= 0.6 is 0 Å². The van der Waals surface area contributed by atoms with Crippen molar-refractivity contribution in [2.24, 2.45) is 0 Å². The smallest absolute Gasteiger partial charge is 0.295 e. The van der Waals surface area contributed by atoms with Gasteiger partial charge in [0.25, 0.3) is 11.7 Å². The molecule has 0 N–H and O–H groups in total. The lowest BCUT2D eigenvalue weighted by atomic mass is 10.1. The van der Waals surface area contributed by atoms with E-state index in [1.54, 1.807) is 29.4 Å². The Bertz CT molecular complexity index is 1290. The van der Waals surface area contributed by atoms with E-state index in [-0.39, 0.29) is 5.82 Å². The number of amides is 1. The monoisotopic (exact) mass is 442 g/mol. The SMILES string of the molecule is O=C(C(=O)N1CCN(c2ccccn2)CC1)c1cn(Cc2ccc(F)cc2)c2ccccc12. The van der Waals surface area contributed by atoms with E-state index in [9.17, 15) is 14.0 Å². The molecule has 5 rings (SSSR count). The Morgan fingerprint density at radius 2 is 1.61 bits per heavy atom. The zero-order valence-corrected chi connectivity index (χ0v) is 18.0. The zero-order chi connectivity index (χ0) is 22.8. The molecular weight excluding hydrogens is 419 g/mol. The molecule has 7 heteroatoms. The zero-order valence-electron chi connectivity index (χ0n) is 18.0. The number of Topliss-reactive ketones (excluding diaryl/α,β-unsaturated/α-hetero) is 1. The fourth-order valence-electron chi connectivity index (χ4n) is 4.28. The van der Waals surface area contributed by atoms with Gasteiger partial charge in [-0.05, 0) is 35.9 Å². The highest BCUT2D eigenvalue weighted by Gasteiger charge is 2.29. The molecule has 1 saturated heterocycles. The molecule has 2 aromatic heterocycles. The Morgan fingerprint density at radius 3 is 2.33 bits per heavy atom. The molecule has 1 amide bonds. The summed E-state index contributed by atoms with van der Waals surface area (Å²) in [4.78, 5) is 34.4. The van der Waals surface area contributed by atoms with Gasteiger partial charge in [0.15, 0.2) is 0 Å². The second-order valence-corrected chi connectivity index (χ2v) is 8.11. The molecule has 0 bridgehead atoms. The van der Waals surface area contributed by atoms with Crippen molar-refractivity contribution in [2.45, 2.75) is 6.54 Å². The molecule has 33 heavy (non-hydrogen) atoms. The van der Waals surface area contributed by atoms with Crippen LogP contribution in [-0.4, -0.2) is 52.3 Å². The number of pyridine rings is 1. The van der Waals surface area contributed by atoms with Crippen LogP contribution in [0, 0.1) is 5.82 Å². The number of rotatable bonds is 5. The first-order valence-electron chi connectivity index (χ1n) is 10.9. The molecule has 166 valence electrons. The standard InChI is InChI=1S/C26H23FN4O2/c27-20-10-8-19(9-11-20)17-31-18-22(21-5-1-2-6-23(21)31)25(32)26(33)30-15-13-29(14-16-30)24-7-3-4-12-28-24/h1-12,18H,13-17H2. The van der Waals surface area contributed by atoms with Crippen molar-refractivity contribution in [3.05, 3.63) is 96.1 Å². The number of para-hydroxylation sites is 1. The highest BCUT2D eigenvalue weighted by molar-refractivity contribution is 6.44. The number of hydrogen-bond donors (Lipinski definition) is 0. The van der Waals surface area contributed by atoms with Gasteiger partial charge in [0.1, 0.15) is 11.6 Å². The Morgan fingerprint density at radius 1 is 0.879 bits per heavy atom. The van der Waals surface area contributed by atoms with Crippen LogP contribution in [0.15, 0.2) is 79.1 Å². The van der Waals surface area contributed by atoms with E-state index in [0.29, 0.717) is 38.3 Å². The van der Waals surface area contributed by atoms with Crippen LogP contribution in [0.1, 0.15) is 15.9 Å². The van der Waals surface area contributed by atoms with Gasteiger partial charge >= 0.3 is 0 Å². The van der Waals surface area contributed by atoms with E-state index in [2.05, 4.69) is 9.88 Å². The van der Waals surface area contributed by atoms with Gasteiger partial charge in [0.2, 0.25) is 0 Å². The third-order valence-electron chi connectivity index (χ3n) is 6.03. The number of fused-ring (bicyclic) bond motifs is 1. The van der Waals surface area contributed by atoms with Crippen LogP contribution in [0.4, 0.5) is 10.2 Å². The number of hydrogen-bond acceptors (Lipinski definition) is 4. The first kappa shape index (κ1) is 20.9. The topological polar surface area (TPSA) is 58.4 Å². The normalized spacial score (nSPS) is 14.0. The van der Waals surface area contributed by atoms with E-state index in [4.69, 9.17) is 0 Å². The second-order valence-electron chi connectivity index (χ2n) is 8.11. The third-order valence-corrected chi connectivity index (χ3v) is 6.03. The Hall–Kier alpha value is -4.00. The minimum absolute atomic E-state index is 0.291.